The minimum absolute atomic E-state index is 0. The highest BCUT2D eigenvalue weighted by Crippen LogP contribution is 2.29. The fraction of sp³-hybridized carbons (Fsp3) is 0.941. The SMILES string of the molecule is CC(C)CC1CCCCCN1C(=O)C[C@@H]1CCC[C@H]1N.Cl. The van der Waals surface area contributed by atoms with Gasteiger partial charge in [0.05, 0.1) is 0 Å². The van der Waals surface area contributed by atoms with E-state index in [-0.39, 0.29) is 18.4 Å². The lowest BCUT2D eigenvalue weighted by Gasteiger charge is -2.32. The van der Waals surface area contributed by atoms with Crippen LogP contribution in [0.1, 0.15) is 71.6 Å². The number of carbonyl (C=O) groups excluding carboxylic acids is 1. The minimum Gasteiger partial charge on any atom is -0.340 e. The van der Waals surface area contributed by atoms with Gasteiger partial charge in [-0.25, -0.2) is 0 Å². The predicted octanol–water partition coefficient (Wildman–Crippen LogP) is 3.74. The van der Waals surface area contributed by atoms with Crippen molar-refractivity contribution in [3.05, 3.63) is 0 Å². The fourth-order valence-corrected chi connectivity index (χ4v) is 3.96. The van der Waals surface area contributed by atoms with Crippen LogP contribution >= 0.6 is 12.4 Å². The molecule has 3 atom stereocenters. The van der Waals surface area contributed by atoms with Gasteiger partial charge in [0.25, 0.3) is 0 Å². The predicted molar refractivity (Wildman–Crippen MR) is 90.6 cm³/mol. The number of nitrogens with two attached hydrogens (primary N) is 1. The Kier molecular flexibility index (Phi) is 8.04. The lowest BCUT2D eigenvalue weighted by atomic mass is 9.96. The quantitative estimate of drug-likeness (QED) is 0.858. The monoisotopic (exact) mass is 316 g/mol. The largest absolute Gasteiger partial charge is 0.340 e. The maximum atomic E-state index is 12.7. The van der Waals surface area contributed by atoms with Gasteiger partial charge in [0.15, 0.2) is 0 Å². The van der Waals surface area contributed by atoms with Crippen LogP contribution in [-0.4, -0.2) is 29.4 Å². The maximum absolute atomic E-state index is 12.7. The van der Waals surface area contributed by atoms with Crippen molar-refractivity contribution in [2.75, 3.05) is 6.54 Å². The molecule has 0 radical (unpaired) electrons. The third kappa shape index (κ3) is 5.45. The van der Waals surface area contributed by atoms with Crippen molar-refractivity contribution in [3.63, 3.8) is 0 Å². The molecule has 2 rings (SSSR count). The van der Waals surface area contributed by atoms with Gasteiger partial charge in [0, 0.05) is 25.0 Å². The van der Waals surface area contributed by atoms with Gasteiger partial charge in [0.2, 0.25) is 5.91 Å². The minimum atomic E-state index is 0. The smallest absolute Gasteiger partial charge is 0.223 e. The highest BCUT2D eigenvalue weighted by molar-refractivity contribution is 5.85. The van der Waals surface area contributed by atoms with Crippen LogP contribution < -0.4 is 5.73 Å². The standard InChI is InChI=1S/C17H32N2O.ClH/c1-13(2)11-15-8-4-3-5-10-19(15)17(20)12-14-7-6-9-16(14)18;/h13-16H,3-12,18H2,1-2H3;1H/t14-,15?,16+;/m0./s1. The first kappa shape index (κ1) is 18.8. The van der Waals surface area contributed by atoms with Gasteiger partial charge in [-0.1, -0.05) is 33.1 Å². The number of likely N-dealkylation sites (tertiary alicyclic amines) is 1. The summed E-state index contributed by atoms with van der Waals surface area (Å²) in [4.78, 5) is 14.9. The van der Waals surface area contributed by atoms with Gasteiger partial charge in [-0.3, -0.25) is 4.79 Å². The zero-order valence-electron chi connectivity index (χ0n) is 13.7. The third-order valence-corrected chi connectivity index (χ3v) is 5.10. The molecule has 0 bridgehead atoms. The average molecular weight is 317 g/mol. The van der Waals surface area contributed by atoms with Gasteiger partial charge in [-0.05, 0) is 43.9 Å². The van der Waals surface area contributed by atoms with E-state index in [0.29, 0.717) is 30.2 Å². The van der Waals surface area contributed by atoms with Crippen molar-refractivity contribution in [3.8, 4) is 0 Å². The molecule has 0 aromatic carbocycles. The van der Waals surface area contributed by atoms with E-state index in [1.807, 2.05) is 0 Å². The number of halogens is 1. The molecule has 1 aliphatic carbocycles. The number of rotatable bonds is 4. The van der Waals surface area contributed by atoms with Gasteiger partial charge < -0.3 is 10.6 Å². The Balaban J connectivity index is 0.00000220. The van der Waals surface area contributed by atoms with Crippen molar-refractivity contribution < 1.29 is 4.79 Å². The Morgan fingerprint density at radius 2 is 1.90 bits per heavy atom. The summed E-state index contributed by atoms with van der Waals surface area (Å²) in [5.41, 5.74) is 6.13. The Hall–Kier alpha value is -0.280. The van der Waals surface area contributed by atoms with Crippen molar-refractivity contribution in [1.29, 1.82) is 0 Å². The topological polar surface area (TPSA) is 46.3 Å². The number of hydrogen-bond donors (Lipinski definition) is 1. The van der Waals surface area contributed by atoms with E-state index in [4.69, 9.17) is 5.73 Å². The molecule has 0 spiro atoms. The van der Waals surface area contributed by atoms with Crippen LogP contribution in [0, 0.1) is 11.8 Å². The summed E-state index contributed by atoms with van der Waals surface area (Å²) in [6.07, 6.45) is 10.2. The summed E-state index contributed by atoms with van der Waals surface area (Å²) >= 11 is 0. The van der Waals surface area contributed by atoms with Crippen LogP contribution in [0.4, 0.5) is 0 Å². The molecule has 4 heteroatoms. The Labute approximate surface area is 136 Å². The van der Waals surface area contributed by atoms with Crippen LogP contribution in [0.3, 0.4) is 0 Å². The van der Waals surface area contributed by atoms with E-state index in [0.717, 1.165) is 25.8 Å². The molecule has 0 aromatic heterocycles. The van der Waals surface area contributed by atoms with Gasteiger partial charge in [0.1, 0.15) is 0 Å². The first-order valence-corrected chi connectivity index (χ1v) is 8.63. The lowest BCUT2D eigenvalue weighted by molar-refractivity contribution is -0.134. The molecule has 2 N–H and O–H groups in total. The van der Waals surface area contributed by atoms with Gasteiger partial charge >= 0.3 is 0 Å². The van der Waals surface area contributed by atoms with E-state index in [1.54, 1.807) is 0 Å². The van der Waals surface area contributed by atoms with Crippen molar-refractivity contribution in [1.82, 2.24) is 4.90 Å². The molecule has 3 nitrogen and oxygen atoms in total. The number of carbonyl (C=O) groups is 1. The second-order valence-electron chi connectivity index (χ2n) is 7.28. The molecular formula is C17H33ClN2O. The van der Waals surface area contributed by atoms with Crippen molar-refractivity contribution in [2.45, 2.75) is 83.7 Å². The van der Waals surface area contributed by atoms with Crippen LogP contribution in [0.15, 0.2) is 0 Å². The molecule has 124 valence electrons. The number of amides is 1. The fourth-order valence-electron chi connectivity index (χ4n) is 3.96. The molecule has 0 aromatic rings. The van der Waals surface area contributed by atoms with Crippen molar-refractivity contribution in [2.24, 2.45) is 17.6 Å². The summed E-state index contributed by atoms with van der Waals surface area (Å²) in [7, 11) is 0. The Morgan fingerprint density at radius 1 is 1.14 bits per heavy atom. The second-order valence-corrected chi connectivity index (χ2v) is 7.28. The number of hydrogen-bond acceptors (Lipinski definition) is 2. The van der Waals surface area contributed by atoms with E-state index in [9.17, 15) is 4.79 Å². The van der Waals surface area contributed by atoms with Crippen molar-refractivity contribution >= 4 is 18.3 Å². The number of nitrogens with zero attached hydrogens (tertiary/aromatic N) is 1. The molecule has 21 heavy (non-hydrogen) atoms. The Morgan fingerprint density at radius 3 is 2.52 bits per heavy atom. The van der Waals surface area contributed by atoms with Gasteiger partial charge in [-0.2, -0.15) is 0 Å². The first-order chi connectivity index (χ1) is 9.58. The summed E-state index contributed by atoms with van der Waals surface area (Å²) in [6.45, 7) is 5.50. The van der Waals surface area contributed by atoms with E-state index in [1.165, 1.54) is 32.1 Å². The molecule has 2 fully saturated rings. The highest BCUT2D eigenvalue weighted by Gasteiger charge is 2.31. The molecule has 1 amide bonds. The average Bonchev–Trinajstić information content (AvgIpc) is 2.64. The summed E-state index contributed by atoms with van der Waals surface area (Å²) in [5, 5.41) is 0. The highest BCUT2D eigenvalue weighted by atomic mass is 35.5. The van der Waals surface area contributed by atoms with E-state index >= 15 is 0 Å². The molecule has 1 heterocycles. The lowest BCUT2D eigenvalue weighted by Crippen LogP contribution is -2.42. The van der Waals surface area contributed by atoms with Crippen LogP contribution in [0.2, 0.25) is 0 Å². The molecule has 1 aliphatic heterocycles. The zero-order valence-corrected chi connectivity index (χ0v) is 14.5. The zero-order chi connectivity index (χ0) is 14.5. The van der Waals surface area contributed by atoms with Crippen LogP contribution in [0.5, 0.6) is 0 Å². The van der Waals surface area contributed by atoms with Gasteiger partial charge in [-0.15, -0.1) is 12.4 Å². The molecule has 1 saturated carbocycles. The molecule has 2 aliphatic rings. The summed E-state index contributed by atoms with van der Waals surface area (Å²) in [5.74, 6) is 1.48. The maximum Gasteiger partial charge on any atom is 0.223 e. The normalized spacial score (nSPS) is 30.1. The Bertz CT molecular complexity index is 322. The first-order valence-electron chi connectivity index (χ1n) is 8.63. The van der Waals surface area contributed by atoms with E-state index < -0.39 is 0 Å². The van der Waals surface area contributed by atoms with E-state index in [2.05, 4.69) is 18.7 Å². The third-order valence-electron chi connectivity index (χ3n) is 5.10. The van der Waals surface area contributed by atoms with Crippen LogP contribution in [-0.2, 0) is 4.79 Å². The molecular weight excluding hydrogens is 284 g/mol. The second kappa shape index (κ2) is 8.99. The summed E-state index contributed by atoms with van der Waals surface area (Å²) < 4.78 is 0. The molecule has 1 unspecified atom stereocenters. The van der Waals surface area contributed by atoms with Crippen LogP contribution in [0.25, 0.3) is 0 Å². The molecule has 1 saturated heterocycles. The summed E-state index contributed by atoms with van der Waals surface area (Å²) in [6, 6.07) is 0.733.